The fraction of sp³-hybridized carbons (Fsp3) is 0.263. The molecule has 26 heavy (non-hydrogen) atoms. The Morgan fingerprint density at radius 1 is 1.15 bits per heavy atom. The lowest BCUT2D eigenvalue weighted by molar-refractivity contribution is 0.258. The lowest BCUT2D eigenvalue weighted by atomic mass is 10.2. The molecule has 0 saturated carbocycles. The first-order chi connectivity index (χ1) is 12.6. The molecule has 0 saturated heterocycles. The highest BCUT2D eigenvalue weighted by Gasteiger charge is 2.16. The maximum atomic E-state index is 13.9. The topological polar surface area (TPSA) is 51.4 Å². The van der Waals surface area contributed by atoms with Crippen molar-refractivity contribution in [3.05, 3.63) is 64.8 Å². The second-order valence-corrected chi connectivity index (χ2v) is 6.22. The van der Waals surface area contributed by atoms with Crippen LogP contribution in [0.15, 0.2) is 47.0 Å². The molecule has 0 spiro atoms. The van der Waals surface area contributed by atoms with Crippen molar-refractivity contribution in [2.75, 3.05) is 13.7 Å². The number of benzene rings is 2. The summed E-state index contributed by atoms with van der Waals surface area (Å²) in [5.41, 5.74) is 1.21. The molecular formula is C19H19ClFN3O2. The van der Waals surface area contributed by atoms with E-state index in [2.05, 4.69) is 10.1 Å². The summed E-state index contributed by atoms with van der Waals surface area (Å²) in [6.07, 6.45) is 0. The van der Waals surface area contributed by atoms with E-state index < -0.39 is 0 Å². The lowest BCUT2D eigenvalue weighted by Crippen LogP contribution is -2.18. The summed E-state index contributed by atoms with van der Waals surface area (Å²) in [4.78, 5) is 6.28. The van der Waals surface area contributed by atoms with Gasteiger partial charge in [-0.3, -0.25) is 4.90 Å². The van der Waals surface area contributed by atoms with Crippen LogP contribution in [0.2, 0.25) is 5.02 Å². The monoisotopic (exact) mass is 375 g/mol. The molecule has 0 amide bonds. The molecule has 3 rings (SSSR count). The number of rotatable bonds is 7. The molecule has 0 aliphatic heterocycles. The van der Waals surface area contributed by atoms with Crippen LogP contribution in [-0.2, 0) is 13.1 Å². The smallest absolute Gasteiger partial charge is 0.241 e. The standard InChI is InChI=1S/C19H19ClFN3O2/c1-3-25-17-10-5-4-7-13(17)19-22-18(26-23-19)12-24(2)11-14-15(20)8-6-9-16(14)21/h4-10H,3,11-12H2,1-2H3. The van der Waals surface area contributed by atoms with Crippen LogP contribution in [0.3, 0.4) is 0 Å². The molecule has 0 atom stereocenters. The Balaban J connectivity index is 1.73. The van der Waals surface area contributed by atoms with Crippen molar-refractivity contribution in [1.29, 1.82) is 0 Å². The Morgan fingerprint density at radius 3 is 2.73 bits per heavy atom. The average Bonchev–Trinajstić information content (AvgIpc) is 3.07. The van der Waals surface area contributed by atoms with Crippen LogP contribution in [0.25, 0.3) is 11.4 Å². The number of aromatic nitrogens is 2. The normalized spacial score (nSPS) is 11.1. The molecule has 2 aromatic carbocycles. The van der Waals surface area contributed by atoms with Crippen LogP contribution in [-0.4, -0.2) is 28.7 Å². The fourth-order valence-electron chi connectivity index (χ4n) is 2.60. The zero-order valence-electron chi connectivity index (χ0n) is 14.6. The van der Waals surface area contributed by atoms with E-state index in [9.17, 15) is 4.39 Å². The molecule has 1 aromatic heterocycles. The summed E-state index contributed by atoms with van der Waals surface area (Å²) in [6, 6.07) is 12.2. The van der Waals surface area contributed by atoms with Gasteiger partial charge in [0.1, 0.15) is 11.6 Å². The average molecular weight is 376 g/mol. The zero-order chi connectivity index (χ0) is 18.5. The summed E-state index contributed by atoms with van der Waals surface area (Å²) in [5.74, 6) is 1.26. The molecule has 0 bridgehead atoms. The maximum Gasteiger partial charge on any atom is 0.241 e. The minimum Gasteiger partial charge on any atom is -0.493 e. The van der Waals surface area contributed by atoms with Gasteiger partial charge >= 0.3 is 0 Å². The highest BCUT2D eigenvalue weighted by atomic mass is 35.5. The number of para-hydroxylation sites is 1. The van der Waals surface area contributed by atoms with Crippen LogP contribution in [0.1, 0.15) is 18.4 Å². The van der Waals surface area contributed by atoms with Crippen molar-refractivity contribution < 1.29 is 13.7 Å². The summed E-state index contributed by atoms with van der Waals surface area (Å²) in [7, 11) is 1.83. The van der Waals surface area contributed by atoms with E-state index in [1.807, 2.05) is 43.1 Å². The third kappa shape index (κ3) is 4.20. The van der Waals surface area contributed by atoms with Gasteiger partial charge in [0.15, 0.2) is 0 Å². The molecule has 0 radical (unpaired) electrons. The molecule has 1 heterocycles. The van der Waals surface area contributed by atoms with Gasteiger partial charge in [0, 0.05) is 17.1 Å². The van der Waals surface area contributed by atoms with Crippen molar-refractivity contribution in [2.24, 2.45) is 0 Å². The molecule has 136 valence electrons. The summed E-state index contributed by atoms with van der Waals surface area (Å²) >= 11 is 6.08. The van der Waals surface area contributed by atoms with Crippen LogP contribution in [0.4, 0.5) is 4.39 Å². The van der Waals surface area contributed by atoms with E-state index >= 15 is 0 Å². The zero-order valence-corrected chi connectivity index (χ0v) is 15.3. The lowest BCUT2D eigenvalue weighted by Gasteiger charge is -2.15. The number of hydrogen-bond acceptors (Lipinski definition) is 5. The minimum absolute atomic E-state index is 0.332. The predicted molar refractivity (Wildman–Crippen MR) is 97.5 cm³/mol. The van der Waals surface area contributed by atoms with Gasteiger partial charge in [0.25, 0.3) is 0 Å². The van der Waals surface area contributed by atoms with E-state index in [0.29, 0.717) is 47.7 Å². The molecule has 0 unspecified atom stereocenters. The summed E-state index contributed by atoms with van der Waals surface area (Å²) < 4.78 is 24.9. The molecular weight excluding hydrogens is 357 g/mol. The van der Waals surface area contributed by atoms with Gasteiger partial charge in [0.2, 0.25) is 11.7 Å². The molecule has 3 aromatic rings. The largest absolute Gasteiger partial charge is 0.493 e. The van der Waals surface area contributed by atoms with E-state index in [4.69, 9.17) is 20.9 Å². The Kier molecular flexibility index (Phi) is 5.85. The second-order valence-electron chi connectivity index (χ2n) is 5.81. The second kappa shape index (κ2) is 8.29. The van der Waals surface area contributed by atoms with E-state index in [0.717, 1.165) is 5.56 Å². The van der Waals surface area contributed by atoms with Crippen LogP contribution < -0.4 is 4.74 Å². The maximum absolute atomic E-state index is 13.9. The van der Waals surface area contributed by atoms with Crippen LogP contribution in [0, 0.1) is 5.82 Å². The third-order valence-corrected chi connectivity index (χ3v) is 4.14. The first-order valence-corrected chi connectivity index (χ1v) is 8.62. The molecule has 0 fully saturated rings. The van der Waals surface area contributed by atoms with Crippen molar-refractivity contribution in [3.8, 4) is 17.1 Å². The van der Waals surface area contributed by atoms with E-state index in [1.54, 1.807) is 12.1 Å². The van der Waals surface area contributed by atoms with E-state index in [1.165, 1.54) is 6.07 Å². The molecule has 0 N–H and O–H groups in total. The van der Waals surface area contributed by atoms with Crippen LogP contribution in [0.5, 0.6) is 5.75 Å². The number of hydrogen-bond donors (Lipinski definition) is 0. The van der Waals surface area contributed by atoms with Crippen molar-refractivity contribution >= 4 is 11.6 Å². The van der Waals surface area contributed by atoms with Crippen molar-refractivity contribution in [3.63, 3.8) is 0 Å². The highest BCUT2D eigenvalue weighted by Crippen LogP contribution is 2.28. The Hall–Kier alpha value is -2.44. The van der Waals surface area contributed by atoms with Gasteiger partial charge in [-0.1, -0.05) is 35.0 Å². The summed E-state index contributed by atoms with van der Waals surface area (Å²) in [5, 5.41) is 4.43. The summed E-state index contributed by atoms with van der Waals surface area (Å²) in [6.45, 7) is 3.17. The Morgan fingerprint density at radius 2 is 1.96 bits per heavy atom. The van der Waals surface area contributed by atoms with Gasteiger partial charge < -0.3 is 9.26 Å². The van der Waals surface area contributed by atoms with Gasteiger partial charge in [-0.15, -0.1) is 0 Å². The van der Waals surface area contributed by atoms with Crippen molar-refractivity contribution in [1.82, 2.24) is 15.0 Å². The quantitative estimate of drug-likeness (QED) is 0.606. The Labute approximate surface area is 156 Å². The fourth-order valence-corrected chi connectivity index (χ4v) is 2.82. The Bertz CT molecular complexity index is 864. The first-order valence-electron chi connectivity index (χ1n) is 8.24. The van der Waals surface area contributed by atoms with Gasteiger partial charge in [0.05, 0.1) is 18.7 Å². The van der Waals surface area contributed by atoms with Gasteiger partial charge in [-0.2, -0.15) is 4.98 Å². The van der Waals surface area contributed by atoms with E-state index in [-0.39, 0.29) is 5.82 Å². The number of nitrogens with zero attached hydrogens (tertiary/aromatic N) is 3. The third-order valence-electron chi connectivity index (χ3n) is 3.79. The number of halogens is 2. The first kappa shape index (κ1) is 18.4. The van der Waals surface area contributed by atoms with Crippen LogP contribution >= 0.6 is 11.6 Å². The molecule has 5 nitrogen and oxygen atoms in total. The minimum atomic E-state index is -0.332. The SMILES string of the molecule is CCOc1ccccc1-c1noc(CN(C)Cc2c(F)cccc2Cl)n1. The van der Waals surface area contributed by atoms with Crippen molar-refractivity contribution in [2.45, 2.75) is 20.0 Å². The van der Waals surface area contributed by atoms with Gasteiger partial charge in [-0.25, -0.2) is 4.39 Å². The highest BCUT2D eigenvalue weighted by molar-refractivity contribution is 6.31. The predicted octanol–water partition coefficient (Wildman–Crippen LogP) is 4.56. The van der Waals surface area contributed by atoms with Gasteiger partial charge in [-0.05, 0) is 38.2 Å². The molecule has 0 aliphatic carbocycles. The molecule has 7 heteroatoms. The number of ether oxygens (including phenoxy) is 1. The molecule has 0 aliphatic rings.